The zero-order valence-corrected chi connectivity index (χ0v) is 15.5. The highest BCUT2D eigenvalue weighted by atomic mass is 16.3. The maximum absolute atomic E-state index is 13.0. The number of pyridine rings is 1. The molecule has 1 aromatic heterocycles. The number of hydrogen-bond donors (Lipinski definition) is 2. The molecule has 4 unspecified atom stereocenters. The molecule has 146 valence electrons. The number of benzene rings is 1. The average molecular weight is 389 g/mol. The molecule has 2 bridgehead atoms. The van der Waals surface area contributed by atoms with Crippen LogP contribution in [0.25, 0.3) is 0 Å². The summed E-state index contributed by atoms with van der Waals surface area (Å²) < 4.78 is 0. The van der Waals surface area contributed by atoms with Gasteiger partial charge in [-0.2, -0.15) is 0 Å². The molecule has 0 radical (unpaired) electrons. The first-order valence-electron chi connectivity index (χ1n) is 9.66. The van der Waals surface area contributed by atoms with Gasteiger partial charge in [-0.3, -0.25) is 19.3 Å². The van der Waals surface area contributed by atoms with Crippen LogP contribution < -0.4 is 10.2 Å². The molecule has 1 aromatic carbocycles. The van der Waals surface area contributed by atoms with Crippen LogP contribution in [0.4, 0.5) is 11.5 Å². The van der Waals surface area contributed by atoms with Gasteiger partial charge in [0.15, 0.2) is 11.6 Å². The molecule has 2 heterocycles. The number of rotatable bonds is 3. The van der Waals surface area contributed by atoms with Crippen molar-refractivity contribution < 1.29 is 19.5 Å². The largest absolute Gasteiger partial charge is 0.504 e. The predicted octanol–water partition coefficient (Wildman–Crippen LogP) is 2.74. The van der Waals surface area contributed by atoms with E-state index in [0.29, 0.717) is 11.3 Å². The maximum Gasteiger partial charge on any atom is 0.256 e. The summed E-state index contributed by atoms with van der Waals surface area (Å²) >= 11 is 0. The van der Waals surface area contributed by atoms with Gasteiger partial charge in [0.25, 0.3) is 5.91 Å². The quantitative estimate of drug-likeness (QED) is 0.621. The van der Waals surface area contributed by atoms with E-state index in [9.17, 15) is 19.5 Å². The van der Waals surface area contributed by atoms with E-state index in [1.54, 1.807) is 30.3 Å². The van der Waals surface area contributed by atoms with Crippen molar-refractivity contribution in [3.05, 3.63) is 60.3 Å². The van der Waals surface area contributed by atoms with Crippen LogP contribution in [0.2, 0.25) is 0 Å². The second kappa shape index (κ2) is 6.55. The highest BCUT2D eigenvalue weighted by molar-refractivity contribution is 6.22. The first-order chi connectivity index (χ1) is 14.0. The summed E-state index contributed by atoms with van der Waals surface area (Å²) in [5.74, 6) is -1.03. The van der Waals surface area contributed by atoms with E-state index in [1.807, 2.05) is 0 Å². The zero-order chi connectivity index (χ0) is 20.1. The lowest BCUT2D eigenvalue weighted by Crippen LogP contribution is -2.38. The molecule has 4 atom stereocenters. The molecule has 6 rings (SSSR count). The van der Waals surface area contributed by atoms with Gasteiger partial charge in [0.2, 0.25) is 11.8 Å². The minimum atomic E-state index is -0.444. The summed E-state index contributed by atoms with van der Waals surface area (Å²) in [6.45, 7) is 0. The van der Waals surface area contributed by atoms with Crippen molar-refractivity contribution in [2.45, 2.75) is 12.8 Å². The predicted molar refractivity (Wildman–Crippen MR) is 105 cm³/mol. The third-order valence-corrected chi connectivity index (χ3v) is 6.17. The van der Waals surface area contributed by atoms with E-state index in [4.69, 9.17) is 0 Å². The lowest BCUT2D eigenvalue weighted by Gasteiger charge is -2.38. The first kappa shape index (κ1) is 17.6. The van der Waals surface area contributed by atoms with Crippen LogP contribution >= 0.6 is 0 Å². The Morgan fingerprint density at radius 2 is 1.62 bits per heavy atom. The van der Waals surface area contributed by atoms with Crippen LogP contribution in [-0.2, 0) is 9.59 Å². The Morgan fingerprint density at radius 3 is 2.17 bits per heavy atom. The summed E-state index contributed by atoms with van der Waals surface area (Å²) in [5, 5.41) is 12.3. The highest BCUT2D eigenvalue weighted by Crippen LogP contribution is 2.50. The van der Waals surface area contributed by atoms with Crippen molar-refractivity contribution in [3.8, 4) is 5.75 Å². The first-order valence-corrected chi connectivity index (χ1v) is 9.66. The van der Waals surface area contributed by atoms with E-state index in [1.165, 1.54) is 17.2 Å². The third-order valence-electron chi connectivity index (χ3n) is 6.17. The van der Waals surface area contributed by atoms with Gasteiger partial charge >= 0.3 is 0 Å². The molecular formula is C22H19N3O4. The fourth-order valence-corrected chi connectivity index (χ4v) is 4.76. The minimum Gasteiger partial charge on any atom is -0.504 e. The normalized spacial score (nSPS) is 27.2. The monoisotopic (exact) mass is 389 g/mol. The fraction of sp³-hybridized carbons (Fsp3) is 0.273. The van der Waals surface area contributed by atoms with Crippen molar-refractivity contribution in [1.82, 2.24) is 4.98 Å². The molecule has 7 nitrogen and oxygen atoms in total. The maximum atomic E-state index is 13.0. The van der Waals surface area contributed by atoms with Gasteiger partial charge < -0.3 is 10.4 Å². The Labute approximate surface area is 167 Å². The Hall–Kier alpha value is -3.48. The Kier molecular flexibility index (Phi) is 3.97. The zero-order valence-electron chi connectivity index (χ0n) is 15.5. The van der Waals surface area contributed by atoms with Gasteiger partial charge in [-0.15, -0.1) is 0 Å². The summed E-state index contributed by atoms with van der Waals surface area (Å²) in [4.78, 5) is 43.6. The number of carbonyl (C=O) groups is 3. The lowest BCUT2D eigenvalue weighted by molar-refractivity contribution is -0.124. The Balaban J connectivity index is 1.37. The molecule has 1 aliphatic heterocycles. The topological polar surface area (TPSA) is 99.6 Å². The van der Waals surface area contributed by atoms with Gasteiger partial charge in [-0.25, -0.2) is 4.98 Å². The average Bonchev–Trinajstić information content (AvgIpc) is 3.03. The SMILES string of the molecule is O=C(Nc1ncccc1O)c1ccc(N2C(=O)C3C4C=CC(CC4)C3C2=O)cc1. The molecule has 3 aliphatic carbocycles. The molecule has 7 heteroatoms. The Bertz CT molecular complexity index is 1010. The van der Waals surface area contributed by atoms with Gasteiger partial charge in [0.1, 0.15) is 0 Å². The molecule has 2 fully saturated rings. The molecule has 2 aromatic rings. The summed E-state index contributed by atoms with van der Waals surface area (Å²) in [5.41, 5.74) is 0.808. The number of amides is 3. The van der Waals surface area contributed by atoms with Gasteiger partial charge in [0, 0.05) is 11.8 Å². The number of aromatic hydroxyl groups is 1. The van der Waals surface area contributed by atoms with Gasteiger partial charge in [-0.05, 0) is 61.1 Å². The van der Waals surface area contributed by atoms with Crippen molar-refractivity contribution in [2.24, 2.45) is 23.7 Å². The van der Waals surface area contributed by atoms with Crippen LogP contribution in [0.3, 0.4) is 0 Å². The number of nitrogens with one attached hydrogen (secondary N) is 1. The molecule has 1 saturated heterocycles. The number of hydrogen-bond acceptors (Lipinski definition) is 5. The molecule has 4 aliphatic rings. The summed E-state index contributed by atoms with van der Waals surface area (Å²) in [6.07, 6.45) is 7.54. The number of anilines is 2. The van der Waals surface area contributed by atoms with Crippen molar-refractivity contribution in [3.63, 3.8) is 0 Å². The van der Waals surface area contributed by atoms with Crippen LogP contribution in [-0.4, -0.2) is 27.8 Å². The summed E-state index contributed by atoms with van der Waals surface area (Å²) in [7, 11) is 0. The van der Waals surface area contributed by atoms with E-state index >= 15 is 0 Å². The van der Waals surface area contributed by atoms with Crippen LogP contribution in [0, 0.1) is 23.7 Å². The van der Waals surface area contributed by atoms with Crippen LogP contribution in [0.5, 0.6) is 5.75 Å². The van der Waals surface area contributed by atoms with E-state index < -0.39 is 5.91 Å². The molecule has 29 heavy (non-hydrogen) atoms. The second-order valence-electron chi connectivity index (χ2n) is 7.73. The number of carbonyl (C=O) groups excluding carboxylic acids is 3. The van der Waals surface area contributed by atoms with Crippen LogP contribution in [0.1, 0.15) is 23.2 Å². The Morgan fingerprint density at radius 1 is 1.00 bits per heavy atom. The van der Waals surface area contributed by atoms with E-state index in [2.05, 4.69) is 22.5 Å². The molecule has 2 N–H and O–H groups in total. The lowest BCUT2D eigenvalue weighted by atomic mass is 9.63. The molecular weight excluding hydrogens is 370 g/mol. The smallest absolute Gasteiger partial charge is 0.256 e. The van der Waals surface area contributed by atoms with E-state index in [0.717, 1.165) is 12.8 Å². The number of fused-ring (bicyclic) bond motifs is 1. The minimum absolute atomic E-state index is 0.0681. The summed E-state index contributed by atoms with van der Waals surface area (Å²) in [6, 6.07) is 9.31. The van der Waals surface area contributed by atoms with Crippen LogP contribution in [0.15, 0.2) is 54.7 Å². The van der Waals surface area contributed by atoms with Crippen molar-refractivity contribution in [1.29, 1.82) is 0 Å². The number of nitrogens with zero attached hydrogens (tertiary/aromatic N) is 2. The van der Waals surface area contributed by atoms with E-state index in [-0.39, 0.29) is 47.1 Å². The number of allylic oxidation sites excluding steroid dienone is 2. The molecule has 1 saturated carbocycles. The standard InChI is InChI=1S/C22H19N3O4/c26-16-2-1-11-23-19(16)24-20(27)14-7-9-15(10-8-14)25-21(28)17-12-3-4-13(6-5-12)18(17)22(25)29/h1-4,7-13,17-18,26H,5-6H2,(H,23,24,27). The van der Waals surface area contributed by atoms with Gasteiger partial charge in [0.05, 0.1) is 17.5 Å². The second-order valence-corrected chi connectivity index (χ2v) is 7.73. The van der Waals surface area contributed by atoms with Crippen molar-refractivity contribution in [2.75, 3.05) is 10.2 Å². The third kappa shape index (κ3) is 2.73. The fourth-order valence-electron chi connectivity index (χ4n) is 4.76. The van der Waals surface area contributed by atoms with Gasteiger partial charge in [-0.1, -0.05) is 12.2 Å². The molecule has 3 amide bonds. The number of imide groups is 1. The van der Waals surface area contributed by atoms with Crippen molar-refractivity contribution >= 4 is 29.2 Å². The number of aromatic nitrogens is 1. The highest BCUT2D eigenvalue weighted by Gasteiger charge is 2.56. The molecule has 0 spiro atoms.